The van der Waals surface area contributed by atoms with Gasteiger partial charge in [-0.1, -0.05) is 0 Å². The Bertz CT molecular complexity index is 446. The van der Waals surface area contributed by atoms with E-state index in [1.54, 1.807) is 7.11 Å². The van der Waals surface area contributed by atoms with E-state index in [1.807, 2.05) is 6.07 Å². The molecule has 0 N–H and O–H groups in total. The maximum absolute atomic E-state index is 5.19. The predicted molar refractivity (Wildman–Crippen MR) is 58.7 cm³/mol. The number of rotatable bonds is 1. The zero-order valence-electron chi connectivity index (χ0n) is 8.20. The molecule has 0 spiro atoms. The quantitative estimate of drug-likeness (QED) is 0.703. The first-order valence-corrected chi connectivity index (χ1v) is 11.6. The Labute approximate surface area is 82.5 Å². The summed E-state index contributed by atoms with van der Waals surface area (Å²) in [6, 6.07) is 6.32. The normalized spacial score (nSPS) is 19.6. The third-order valence-corrected chi connectivity index (χ3v) is 7.07. The Balaban J connectivity index is 2.66. The van der Waals surface area contributed by atoms with Crippen LogP contribution in [0, 0.1) is 0 Å². The summed E-state index contributed by atoms with van der Waals surface area (Å²) in [5.41, 5.74) is 0. The van der Waals surface area contributed by atoms with Gasteiger partial charge in [0.25, 0.3) is 0 Å². The molecule has 2 heteroatoms. The Hall–Kier alpha value is -0.450. The van der Waals surface area contributed by atoms with Crippen molar-refractivity contribution in [1.82, 2.24) is 0 Å². The van der Waals surface area contributed by atoms with Gasteiger partial charge >= 0.3 is 82.6 Å². The fourth-order valence-electron chi connectivity index (χ4n) is 1.58. The van der Waals surface area contributed by atoms with E-state index in [-0.39, 0.29) is 0 Å². The Morgan fingerprint density at radius 3 is 2.46 bits per heavy atom. The van der Waals surface area contributed by atoms with Crippen molar-refractivity contribution in [2.24, 2.45) is 0 Å². The van der Waals surface area contributed by atoms with E-state index in [0.29, 0.717) is 0 Å². The molecule has 0 saturated heterocycles. The molecule has 0 atom stereocenters. The third-order valence-electron chi connectivity index (χ3n) is 2.16. The second-order valence-corrected chi connectivity index (χ2v) is 13.6. The van der Waals surface area contributed by atoms with Crippen molar-refractivity contribution in [2.45, 2.75) is 9.94 Å². The van der Waals surface area contributed by atoms with Gasteiger partial charge in [-0.15, -0.1) is 0 Å². The van der Waals surface area contributed by atoms with Gasteiger partial charge in [-0.3, -0.25) is 0 Å². The molecule has 13 heavy (non-hydrogen) atoms. The van der Waals surface area contributed by atoms with E-state index in [1.165, 1.54) is 10.4 Å². The topological polar surface area (TPSA) is 9.23 Å². The molecule has 0 aromatic heterocycles. The Morgan fingerprint density at radius 2 is 1.77 bits per heavy atom. The number of ether oxygens (including phenoxy) is 1. The van der Waals surface area contributed by atoms with Crippen LogP contribution in [-0.2, 0) is 0 Å². The van der Waals surface area contributed by atoms with Crippen LogP contribution in [-0.4, -0.2) is 25.3 Å². The molecule has 1 heterocycles. The van der Waals surface area contributed by atoms with Crippen molar-refractivity contribution in [3.63, 3.8) is 0 Å². The summed E-state index contributed by atoms with van der Waals surface area (Å²) < 4.78 is 10.1. The molecule has 0 aliphatic carbocycles. The molecule has 70 valence electrons. The third kappa shape index (κ3) is 1.75. The molecule has 1 aliphatic rings. The molecular formula is C11H14OTe. The second-order valence-electron chi connectivity index (χ2n) is 3.72. The summed E-state index contributed by atoms with van der Waals surface area (Å²) in [6.45, 7) is 0. The van der Waals surface area contributed by atoms with Crippen molar-refractivity contribution in [1.29, 1.82) is 0 Å². The zero-order chi connectivity index (χ0) is 9.47. The molecule has 1 aromatic rings. The maximum atomic E-state index is 5.19. The molecule has 1 nitrogen and oxygen atoms in total. The van der Waals surface area contributed by atoms with E-state index in [4.69, 9.17) is 4.74 Å². The van der Waals surface area contributed by atoms with Crippen LogP contribution in [0.1, 0.15) is 0 Å². The Morgan fingerprint density at radius 1 is 1.08 bits per heavy atom. The van der Waals surface area contributed by atoms with Gasteiger partial charge in [-0.2, -0.15) is 0 Å². The molecule has 0 unspecified atom stereocenters. The van der Waals surface area contributed by atoms with E-state index in [2.05, 4.69) is 30.3 Å². The minimum absolute atomic E-state index is 0.962. The van der Waals surface area contributed by atoms with Gasteiger partial charge in [0, 0.05) is 0 Å². The summed E-state index contributed by atoms with van der Waals surface area (Å²) >= 11 is -1.69. The average Bonchev–Trinajstić information content (AvgIpc) is 2.36. The van der Waals surface area contributed by atoms with E-state index >= 15 is 0 Å². The number of methoxy groups -OCH3 is 1. The number of benzene rings is 1. The van der Waals surface area contributed by atoms with Gasteiger partial charge in [-0.05, 0) is 0 Å². The van der Waals surface area contributed by atoms with Crippen molar-refractivity contribution < 1.29 is 4.74 Å². The van der Waals surface area contributed by atoms with Gasteiger partial charge in [0.2, 0.25) is 0 Å². The predicted octanol–water partition coefficient (Wildman–Crippen LogP) is 1.06. The second kappa shape index (κ2) is 3.04. The van der Waals surface area contributed by atoms with Crippen LogP contribution in [0.4, 0.5) is 0 Å². The first kappa shape index (κ1) is 9.12. The summed E-state index contributed by atoms with van der Waals surface area (Å²) in [6.07, 6.45) is 0. The molecule has 1 aliphatic heterocycles. The van der Waals surface area contributed by atoms with Crippen LogP contribution in [0.25, 0.3) is 8.25 Å². The van der Waals surface area contributed by atoms with Crippen LogP contribution < -0.4 is 15.2 Å². The molecule has 0 saturated carbocycles. The van der Waals surface area contributed by atoms with Crippen LogP contribution in [0.15, 0.2) is 18.2 Å². The average molecular weight is 290 g/mol. The molecule has 2 rings (SSSR count). The van der Waals surface area contributed by atoms with Crippen LogP contribution in [0.3, 0.4) is 0 Å². The Kier molecular flexibility index (Phi) is 2.14. The van der Waals surface area contributed by atoms with Gasteiger partial charge in [0.05, 0.1) is 0 Å². The molecule has 0 bridgehead atoms. The van der Waals surface area contributed by atoms with Crippen molar-refractivity contribution in [3.8, 4) is 5.75 Å². The monoisotopic (exact) mass is 292 g/mol. The fraction of sp³-hybridized carbons (Fsp3) is 0.273. The van der Waals surface area contributed by atoms with Gasteiger partial charge < -0.3 is 0 Å². The van der Waals surface area contributed by atoms with Crippen LogP contribution >= 0.6 is 0 Å². The number of fused-ring (bicyclic) bond motifs is 1. The summed E-state index contributed by atoms with van der Waals surface area (Å²) in [4.78, 5) is 4.80. The van der Waals surface area contributed by atoms with E-state index in [0.717, 1.165) is 5.75 Å². The first-order chi connectivity index (χ1) is 6.11. The van der Waals surface area contributed by atoms with Crippen LogP contribution in [0.2, 0.25) is 9.94 Å². The van der Waals surface area contributed by atoms with Crippen molar-refractivity contribution in [2.75, 3.05) is 7.11 Å². The molecule has 0 fully saturated rings. The summed E-state index contributed by atoms with van der Waals surface area (Å²) in [5, 5.41) is 2.76. The fourth-order valence-corrected chi connectivity index (χ4v) is 6.70. The van der Waals surface area contributed by atoms with Crippen molar-refractivity contribution in [3.05, 3.63) is 28.6 Å². The van der Waals surface area contributed by atoms with Gasteiger partial charge in [-0.25, -0.2) is 0 Å². The molecule has 1 aromatic carbocycles. The summed E-state index contributed by atoms with van der Waals surface area (Å²) in [7, 11) is 1.72. The first-order valence-electron chi connectivity index (χ1n) is 4.22. The number of hydrogen-bond acceptors (Lipinski definition) is 1. The van der Waals surface area contributed by atoms with Gasteiger partial charge in [0.1, 0.15) is 0 Å². The molecular weight excluding hydrogens is 276 g/mol. The number of hydrogen-bond donors (Lipinski definition) is 0. The van der Waals surface area contributed by atoms with Gasteiger partial charge in [0.15, 0.2) is 0 Å². The van der Waals surface area contributed by atoms with Crippen LogP contribution in [0.5, 0.6) is 5.75 Å². The molecule has 0 amide bonds. The zero-order valence-corrected chi connectivity index (χ0v) is 10.5. The molecule has 0 radical (unpaired) electrons. The van der Waals surface area contributed by atoms with E-state index < -0.39 is 18.2 Å². The summed E-state index contributed by atoms with van der Waals surface area (Å²) in [5.74, 6) is 0.962. The standard InChI is InChI=1S/C11H14OTe/c1-12-11-5-4-9-7-13(2,3)8-10(9)6-11/h4-8H,1-3H3. The minimum atomic E-state index is -1.69. The van der Waals surface area contributed by atoms with Crippen molar-refractivity contribution >= 4 is 26.4 Å². The SMILES string of the molecule is COc1ccc2c(c1)=C[Te](C)(C)C=2. The van der Waals surface area contributed by atoms with E-state index in [9.17, 15) is 0 Å².